The molecule has 0 aliphatic carbocycles. The van der Waals surface area contributed by atoms with E-state index < -0.39 is 0 Å². The summed E-state index contributed by atoms with van der Waals surface area (Å²) in [5.74, 6) is -0.0340. The van der Waals surface area contributed by atoms with Crippen molar-refractivity contribution in [2.45, 2.75) is 19.3 Å². The smallest absolute Gasteiger partial charge is 0.242 e. The topological polar surface area (TPSA) is 58.2 Å². The van der Waals surface area contributed by atoms with Crippen LogP contribution in [0.25, 0.3) is 0 Å². The molecular formula is C12H15ClN2O2. The van der Waals surface area contributed by atoms with Crippen LogP contribution >= 0.6 is 11.6 Å². The van der Waals surface area contributed by atoms with Gasteiger partial charge in [-0.1, -0.05) is 30.3 Å². The summed E-state index contributed by atoms with van der Waals surface area (Å²) in [5, 5.41) is 0. The third-order valence-corrected chi connectivity index (χ3v) is 2.35. The van der Waals surface area contributed by atoms with Crippen LogP contribution in [0.1, 0.15) is 18.4 Å². The number of hydrogen-bond donors (Lipinski definition) is 2. The van der Waals surface area contributed by atoms with Crippen LogP contribution in [-0.4, -0.2) is 17.7 Å². The van der Waals surface area contributed by atoms with Gasteiger partial charge in [0.05, 0.1) is 6.42 Å². The molecular weight excluding hydrogens is 240 g/mol. The molecule has 2 amide bonds. The van der Waals surface area contributed by atoms with Crippen molar-refractivity contribution in [1.82, 2.24) is 10.9 Å². The first kappa shape index (κ1) is 13.5. The highest BCUT2D eigenvalue weighted by Crippen LogP contribution is 1.98. The predicted octanol–water partition coefficient (Wildman–Crippen LogP) is 1.40. The number of carbonyl (C=O) groups excluding carboxylic acids is 2. The highest BCUT2D eigenvalue weighted by Gasteiger charge is 2.04. The van der Waals surface area contributed by atoms with Gasteiger partial charge in [-0.25, -0.2) is 0 Å². The van der Waals surface area contributed by atoms with Gasteiger partial charge in [-0.3, -0.25) is 20.4 Å². The number of carbonyl (C=O) groups is 2. The van der Waals surface area contributed by atoms with Crippen molar-refractivity contribution in [3.8, 4) is 0 Å². The summed E-state index contributed by atoms with van der Waals surface area (Å²) in [5.41, 5.74) is 5.60. The van der Waals surface area contributed by atoms with Crippen LogP contribution in [0.3, 0.4) is 0 Å². The monoisotopic (exact) mass is 254 g/mol. The standard InChI is InChI=1S/C12H15ClN2O2/c13-8-4-7-11(16)14-15-12(17)9-10-5-2-1-3-6-10/h1-3,5-6H,4,7-9H2,(H,14,16)(H,15,17). The number of hydrogen-bond acceptors (Lipinski definition) is 2. The number of halogens is 1. The Hall–Kier alpha value is -1.55. The van der Waals surface area contributed by atoms with Gasteiger partial charge >= 0.3 is 0 Å². The van der Waals surface area contributed by atoms with Gasteiger partial charge in [0.1, 0.15) is 0 Å². The first-order chi connectivity index (χ1) is 8.22. The molecule has 0 saturated carbocycles. The SMILES string of the molecule is O=C(CCCCl)NNC(=O)Cc1ccccc1. The van der Waals surface area contributed by atoms with Gasteiger partial charge in [-0.15, -0.1) is 11.6 Å². The van der Waals surface area contributed by atoms with E-state index in [-0.39, 0.29) is 18.2 Å². The number of alkyl halides is 1. The lowest BCUT2D eigenvalue weighted by Crippen LogP contribution is -2.42. The first-order valence-electron chi connectivity index (χ1n) is 5.40. The van der Waals surface area contributed by atoms with Crippen LogP contribution in [0.4, 0.5) is 0 Å². The molecule has 0 unspecified atom stereocenters. The first-order valence-corrected chi connectivity index (χ1v) is 5.93. The Kier molecular flexibility index (Phi) is 6.10. The Labute approximate surface area is 105 Å². The number of amides is 2. The highest BCUT2D eigenvalue weighted by molar-refractivity contribution is 6.17. The number of nitrogens with one attached hydrogen (secondary N) is 2. The lowest BCUT2D eigenvalue weighted by Gasteiger charge is -2.06. The molecule has 92 valence electrons. The molecule has 0 radical (unpaired) electrons. The van der Waals surface area contributed by atoms with Gasteiger partial charge in [0.2, 0.25) is 11.8 Å². The molecule has 4 nitrogen and oxygen atoms in total. The molecule has 1 aromatic rings. The minimum atomic E-state index is -0.240. The Morgan fingerprint density at radius 1 is 1.06 bits per heavy atom. The normalized spacial score (nSPS) is 9.71. The van der Waals surface area contributed by atoms with Crippen LogP contribution in [0.5, 0.6) is 0 Å². The second kappa shape index (κ2) is 7.68. The molecule has 0 atom stereocenters. The molecule has 0 fully saturated rings. The van der Waals surface area contributed by atoms with E-state index in [0.29, 0.717) is 18.7 Å². The Morgan fingerprint density at radius 3 is 2.35 bits per heavy atom. The molecule has 0 saturated heterocycles. The molecule has 0 aliphatic rings. The van der Waals surface area contributed by atoms with Crippen molar-refractivity contribution in [2.75, 3.05) is 5.88 Å². The Morgan fingerprint density at radius 2 is 1.71 bits per heavy atom. The maximum absolute atomic E-state index is 11.4. The van der Waals surface area contributed by atoms with Crippen molar-refractivity contribution in [3.63, 3.8) is 0 Å². The summed E-state index contributed by atoms with van der Waals surface area (Å²) in [6, 6.07) is 9.32. The van der Waals surface area contributed by atoms with Crippen LogP contribution in [0.2, 0.25) is 0 Å². The van der Waals surface area contributed by atoms with Crippen LogP contribution in [-0.2, 0) is 16.0 Å². The van der Waals surface area contributed by atoms with Crippen molar-refractivity contribution in [2.24, 2.45) is 0 Å². The van der Waals surface area contributed by atoms with E-state index in [2.05, 4.69) is 10.9 Å². The lowest BCUT2D eigenvalue weighted by molar-refractivity contribution is -0.128. The van der Waals surface area contributed by atoms with E-state index in [9.17, 15) is 9.59 Å². The predicted molar refractivity (Wildman–Crippen MR) is 66.4 cm³/mol. The summed E-state index contributed by atoms with van der Waals surface area (Å²) < 4.78 is 0. The van der Waals surface area contributed by atoms with Crippen LogP contribution < -0.4 is 10.9 Å². The van der Waals surface area contributed by atoms with Crippen molar-refractivity contribution >= 4 is 23.4 Å². The second-order valence-corrected chi connectivity index (χ2v) is 3.93. The average molecular weight is 255 g/mol. The molecule has 0 aromatic heterocycles. The summed E-state index contributed by atoms with van der Waals surface area (Å²) >= 11 is 5.45. The van der Waals surface area contributed by atoms with Crippen molar-refractivity contribution in [3.05, 3.63) is 35.9 Å². The van der Waals surface area contributed by atoms with Crippen LogP contribution in [0.15, 0.2) is 30.3 Å². The van der Waals surface area contributed by atoms with Gasteiger partial charge < -0.3 is 0 Å². The Bertz CT molecular complexity index is 368. The summed E-state index contributed by atoms with van der Waals surface area (Å²) in [6.45, 7) is 0. The van der Waals surface area contributed by atoms with Gasteiger partial charge in [0, 0.05) is 12.3 Å². The number of benzene rings is 1. The zero-order valence-electron chi connectivity index (χ0n) is 9.41. The van der Waals surface area contributed by atoms with Crippen molar-refractivity contribution < 1.29 is 9.59 Å². The van der Waals surface area contributed by atoms with E-state index in [1.54, 1.807) is 0 Å². The van der Waals surface area contributed by atoms with E-state index in [4.69, 9.17) is 11.6 Å². The zero-order chi connectivity index (χ0) is 12.5. The largest absolute Gasteiger partial charge is 0.273 e. The maximum atomic E-state index is 11.4. The molecule has 0 heterocycles. The molecule has 5 heteroatoms. The van der Waals surface area contributed by atoms with E-state index >= 15 is 0 Å². The lowest BCUT2D eigenvalue weighted by atomic mass is 10.1. The number of hydrazine groups is 1. The molecule has 1 aromatic carbocycles. The average Bonchev–Trinajstić information content (AvgIpc) is 2.35. The second-order valence-electron chi connectivity index (χ2n) is 3.55. The van der Waals surface area contributed by atoms with Gasteiger partial charge in [-0.05, 0) is 12.0 Å². The fraction of sp³-hybridized carbons (Fsp3) is 0.333. The third-order valence-electron chi connectivity index (χ3n) is 2.09. The van der Waals surface area contributed by atoms with Gasteiger partial charge in [0.15, 0.2) is 0 Å². The molecule has 0 bridgehead atoms. The molecule has 0 spiro atoms. The van der Waals surface area contributed by atoms with Gasteiger partial charge in [-0.2, -0.15) is 0 Å². The molecule has 1 rings (SSSR count). The molecule has 0 aliphatic heterocycles. The fourth-order valence-electron chi connectivity index (χ4n) is 1.25. The van der Waals surface area contributed by atoms with E-state index in [1.807, 2.05) is 30.3 Å². The minimum absolute atomic E-state index is 0.230. The summed E-state index contributed by atoms with van der Waals surface area (Å²) in [4.78, 5) is 22.6. The van der Waals surface area contributed by atoms with Crippen LogP contribution in [0, 0.1) is 0 Å². The molecule has 17 heavy (non-hydrogen) atoms. The third kappa shape index (κ3) is 5.92. The number of rotatable bonds is 5. The quantitative estimate of drug-likeness (QED) is 0.616. The fourth-order valence-corrected chi connectivity index (χ4v) is 1.39. The Balaban J connectivity index is 2.24. The maximum Gasteiger partial charge on any atom is 0.242 e. The van der Waals surface area contributed by atoms with E-state index in [1.165, 1.54) is 0 Å². The van der Waals surface area contributed by atoms with Gasteiger partial charge in [0.25, 0.3) is 0 Å². The summed E-state index contributed by atoms with van der Waals surface area (Å²) in [6.07, 6.45) is 1.16. The highest BCUT2D eigenvalue weighted by atomic mass is 35.5. The van der Waals surface area contributed by atoms with E-state index in [0.717, 1.165) is 5.56 Å². The van der Waals surface area contributed by atoms with Crippen molar-refractivity contribution in [1.29, 1.82) is 0 Å². The summed E-state index contributed by atoms with van der Waals surface area (Å²) in [7, 11) is 0. The molecule has 2 N–H and O–H groups in total. The minimum Gasteiger partial charge on any atom is -0.273 e. The zero-order valence-corrected chi connectivity index (χ0v) is 10.2.